The van der Waals surface area contributed by atoms with Crippen molar-refractivity contribution >= 4 is 23.3 Å². The molecule has 0 bridgehead atoms. The van der Waals surface area contributed by atoms with Crippen molar-refractivity contribution in [1.29, 1.82) is 0 Å². The molecule has 0 aromatic heterocycles. The summed E-state index contributed by atoms with van der Waals surface area (Å²) in [5.41, 5.74) is 7.04. The van der Waals surface area contributed by atoms with Crippen molar-refractivity contribution in [1.82, 2.24) is 0 Å². The number of nitrogen functional groups attached to an aromatic ring is 1. The molecule has 0 aliphatic rings. The Labute approximate surface area is 93.9 Å². The van der Waals surface area contributed by atoms with Gasteiger partial charge >= 0.3 is 5.97 Å². The fourth-order valence-electron chi connectivity index (χ4n) is 1.41. The molecule has 0 saturated heterocycles. The van der Waals surface area contributed by atoms with Gasteiger partial charge in [0.25, 0.3) is 0 Å². The molecule has 0 amide bonds. The van der Waals surface area contributed by atoms with E-state index in [0.29, 0.717) is 23.6 Å². The largest absolute Gasteiger partial charge is 0.481 e. The van der Waals surface area contributed by atoms with Crippen molar-refractivity contribution in [2.45, 2.75) is 19.8 Å². The molecule has 0 fully saturated rings. The van der Waals surface area contributed by atoms with E-state index in [1.807, 2.05) is 13.0 Å². The van der Waals surface area contributed by atoms with Crippen LogP contribution in [0.3, 0.4) is 0 Å². The smallest absolute Gasteiger partial charge is 0.306 e. The zero-order valence-electron chi connectivity index (χ0n) is 8.53. The van der Waals surface area contributed by atoms with E-state index in [4.69, 9.17) is 22.4 Å². The number of carboxylic acid groups (broad SMARTS) is 1. The van der Waals surface area contributed by atoms with Gasteiger partial charge in [0.15, 0.2) is 0 Å². The highest BCUT2D eigenvalue weighted by atomic mass is 35.5. The minimum atomic E-state index is -0.772. The maximum absolute atomic E-state index is 10.8. The number of benzene rings is 1. The van der Waals surface area contributed by atoms with Crippen LogP contribution in [0.2, 0.25) is 5.02 Å². The Morgan fingerprint density at radius 3 is 2.73 bits per heavy atom. The third kappa shape index (κ3) is 3.13. The van der Waals surface area contributed by atoms with Gasteiger partial charge in [-0.15, -0.1) is 0 Å². The van der Waals surface area contributed by atoms with Gasteiger partial charge in [-0.3, -0.25) is 4.79 Å². The van der Waals surface area contributed by atoms with E-state index in [0.717, 1.165) is 5.56 Å². The molecule has 0 radical (unpaired) electrons. The molecular formula is C11H14ClNO2. The molecule has 1 aromatic carbocycles. The number of hydrogen-bond acceptors (Lipinski definition) is 2. The first-order valence-electron chi connectivity index (χ1n) is 4.81. The normalized spacial score (nSPS) is 12.4. The third-order valence-electron chi connectivity index (χ3n) is 2.38. The molecular weight excluding hydrogens is 214 g/mol. The first-order valence-corrected chi connectivity index (χ1v) is 5.19. The molecule has 1 aromatic rings. The molecule has 82 valence electrons. The Morgan fingerprint density at radius 2 is 2.27 bits per heavy atom. The van der Waals surface area contributed by atoms with Crippen LogP contribution in [0.1, 0.15) is 18.9 Å². The summed E-state index contributed by atoms with van der Waals surface area (Å²) in [4.78, 5) is 10.8. The summed E-state index contributed by atoms with van der Waals surface area (Å²) in [6, 6.07) is 5.24. The number of rotatable bonds is 4. The van der Waals surface area contributed by atoms with Crippen LogP contribution < -0.4 is 5.73 Å². The van der Waals surface area contributed by atoms with Crippen LogP contribution in [-0.2, 0) is 11.2 Å². The summed E-state index contributed by atoms with van der Waals surface area (Å²) < 4.78 is 0. The van der Waals surface area contributed by atoms with Crippen molar-refractivity contribution in [3.8, 4) is 0 Å². The van der Waals surface area contributed by atoms with Gasteiger partial charge in [-0.05, 0) is 30.5 Å². The molecule has 4 heteroatoms. The molecule has 0 spiro atoms. The van der Waals surface area contributed by atoms with Crippen LogP contribution >= 0.6 is 11.6 Å². The van der Waals surface area contributed by atoms with Gasteiger partial charge in [0.2, 0.25) is 0 Å². The van der Waals surface area contributed by atoms with Crippen molar-refractivity contribution in [3.05, 3.63) is 28.8 Å². The second-order valence-electron chi connectivity index (χ2n) is 3.50. The Bertz CT molecular complexity index is 366. The van der Waals surface area contributed by atoms with Gasteiger partial charge in [-0.1, -0.05) is 24.6 Å². The van der Waals surface area contributed by atoms with Crippen LogP contribution in [0.25, 0.3) is 0 Å². The molecule has 0 unspecified atom stereocenters. The summed E-state index contributed by atoms with van der Waals surface area (Å²) in [5, 5.41) is 9.40. The van der Waals surface area contributed by atoms with E-state index in [-0.39, 0.29) is 5.92 Å². The molecule has 0 heterocycles. The molecule has 15 heavy (non-hydrogen) atoms. The van der Waals surface area contributed by atoms with Crippen molar-refractivity contribution < 1.29 is 9.90 Å². The van der Waals surface area contributed by atoms with Gasteiger partial charge in [0.1, 0.15) is 0 Å². The Balaban J connectivity index is 2.80. The van der Waals surface area contributed by atoms with Gasteiger partial charge in [0.05, 0.1) is 16.6 Å². The summed E-state index contributed by atoms with van der Waals surface area (Å²) in [7, 11) is 0. The number of carboxylic acids is 1. The van der Waals surface area contributed by atoms with E-state index in [9.17, 15) is 4.79 Å². The lowest BCUT2D eigenvalue weighted by Crippen LogP contribution is -2.15. The lowest BCUT2D eigenvalue weighted by atomic mass is 9.97. The van der Waals surface area contributed by atoms with E-state index in [1.165, 1.54) is 0 Å². The average Bonchev–Trinajstić information content (AvgIpc) is 2.19. The topological polar surface area (TPSA) is 63.3 Å². The highest BCUT2D eigenvalue weighted by Crippen LogP contribution is 2.22. The molecule has 0 aliphatic heterocycles. The number of hydrogen-bond donors (Lipinski definition) is 2. The number of anilines is 1. The summed E-state index contributed by atoms with van der Waals surface area (Å²) in [6.45, 7) is 1.86. The molecule has 1 atom stereocenters. The van der Waals surface area contributed by atoms with Gasteiger partial charge in [-0.2, -0.15) is 0 Å². The van der Waals surface area contributed by atoms with Gasteiger partial charge in [-0.25, -0.2) is 0 Å². The summed E-state index contributed by atoms with van der Waals surface area (Å²) in [5.74, 6) is -1.13. The van der Waals surface area contributed by atoms with E-state index >= 15 is 0 Å². The summed E-state index contributed by atoms with van der Waals surface area (Å²) in [6.07, 6.45) is 1.10. The van der Waals surface area contributed by atoms with Crippen LogP contribution in [0.15, 0.2) is 18.2 Å². The highest BCUT2D eigenvalue weighted by molar-refractivity contribution is 6.33. The van der Waals surface area contributed by atoms with E-state index < -0.39 is 5.97 Å². The first kappa shape index (κ1) is 11.9. The van der Waals surface area contributed by atoms with Crippen molar-refractivity contribution in [3.63, 3.8) is 0 Å². The standard InChI is InChI=1S/C11H14ClNO2/c1-2-8(11(14)15)5-7-3-4-9(12)10(13)6-7/h3-4,6,8H,2,5,13H2,1H3,(H,14,15)/t8-/m0/s1. The highest BCUT2D eigenvalue weighted by Gasteiger charge is 2.15. The van der Waals surface area contributed by atoms with Gasteiger partial charge in [0, 0.05) is 0 Å². The third-order valence-corrected chi connectivity index (χ3v) is 2.73. The van der Waals surface area contributed by atoms with Crippen molar-refractivity contribution in [2.24, 2.45) is 5.92 Å². The Kier molecular flexibility index (Phi) is 3.97. The van der Waals surface area contributed by atoms with Crippen LogP contribution in [0.5, 0.6) is 0 Å². The van der Waals surface area contributed by atoms with Gasteiger partial charge < -0.3 is 10.8 Å². The predicted octanol–water partition coefficient (Wildman–Crippen LogP) is 2.58. The Hall–Kier alpha value is -1.22. The minimum absolute atomic E-state index is 0.356. The molecule has 0 aliphatic carbocycles. The fourth-order valence-corrected chi connectivity index (χ4v) is 1.53. The minimum Gasteiger partial charge on any atom is -0.481 e. The molecule has 0 saturated carbocycles. The van der Waals surface area contributed by atoms with E-state index in [1.54, 1.807) is 12.1 Å². The second kappa shape index (κ2) is 5.03. The van der Waals surface area contributed by atoms with Crippen LogP contribution in [0.4, 0.5) is 5.69 Å². The maximum Gasteiger partial charge on any atom is 0.306 e. The summed E-state index contributed by atoms with van der Waals surface area (Å²) >= 11 is 5.77. The quantitative estimate of drug-likeness (QED) is 0.778. The molecule has 3 N–H and O–H groups in total. The zero-order valence-corrected chi connectivity index (χ0v) is 9.29. The second-order valence-corrected chi connectivity index (χ2v) is 3.91. The van der Waals surface area contributed by atoms with E-state index in [2.05, 4.69) is 0 Å². The lowest BCUT2D eigenvalue weighted by Gasteiger charge is -2.10. The number of nitrogens with two attached hydrogens (primary N) is 1. The van der Waals surface area contributed by atoms with Crippen molar-refractivity contribution in [2.75, 3.05) is 5.73 Å². The lowest BCUT2D eigenvalue weighted by molar-refractivity contribution is -0.141. The number of aliphatic carboxylic acids is 1. The molecule has 1 rings (SSSR count). The SMILES string of the molecule is CC[C@@H](Cc1ccc(Cl)c(N)c1)C(=O)O. The number of halogens is 1. The monoisotopic (exact) mass is 227 g/mol. The maximum atomic E-state index is 10.8. The Morgan fingerprint density at radius 1 is 1.60 bits per heavy atom. The number of carbonyl (C=O) groups is 1. The zero-order chi connectivity index (χ0) is 11.4. The molecule has 3 nitrogen and oxygen atoms in total. The average molecular weight is 228 g/mol. The fraction of sp³-hybridized carbons (Fsp3) is 0.364. The van der Waals surface area contributed by atoms with Crippen LogP contribution in [-0.4, -0.2) is 11.1 Å². The first-order chi connectivity index (χ1) is 7.04. The predicted molar refractivity (Wildman–Crippen MR) is 61.0 cm³/mol. The van der Waals surface area contributed by atoms with Crippen LogP contribution in [0, 0.1) is 5.92 Å².